The molecule has 0 bridgehead atoms. The molecule has 0 spiro atoms. The van der Waals surface area contributed by atoms with Gasteiger partial charge in [0.25, 0.3) is 0 Å². The number of ether oxygens (including phenoxy) is 1. The zero-order chi connectivity index (χ0) is 14.8. The molecule has 1 N–H and O–H groups in total. The van der Waals surface area contributed by atoms with Gasteiger partial charge in [-0.05, 0) is 49.4 Å². The van der Waals surface area contributed by atoms with Crippen LogP contribution >= 0.6 is 0 Å². The van der Waals surface area contributed by atoms with Crippen molar-refractivity contribution in [2.24, 2.45) is 0 Å². The smallest absolute Gasteiger partial charge is 0.124 e. The van der Waals surface area contributed by atoms with Gasteiger partial charge in [0.05, 0.1) is 6.10 Å². The highest BCUT2D eigenvalue weighted by molar-refractivity contribution is 5.43. The summed E-state index contributed by atoms with van der Waals surface area (Å²) in [6, 6.07) is 7.19. The summed E-state index contributed by atoms with van der Waals surface area (Å²) in [4.78, 5) is 0. The zero-order valence-electron chi connectivity index (χ0n) is 13.6. The summed E-state index contributed by atoms with van der Waals surface area (Å²) in [5.41, 5.74) is 2.99. The molecule has 0 saturated carbocycles. The second kappa shape index (κ2) is 6.17. The highest BCUT2D eigenvalue weighted by atomic mass is 16.5. The van der Waals surface area contributed by atoms with E-state index in [0.717, 1.165) is 25.1 Å². The Morgan fingerprint density at radius 1 is 1.30 bits per heavy atom. The average molecular weight is 275 g/mol. The summed E-state index contributed by atoms with van der Waals surface area (Å²) in [6.45, 7) is 12.3. The molecule has 0 radical (unpaired) electrons. The Kier molecular flexibility index (Phi) is 4.74. The second-order valence-electron chi connectivity index (χ2n) is 6.66. The average Bonchev–Trinajstić information content (AvgIpc) is 2.44. The fraction of sp³-hybridized carbons (Fsp3) is 0.667. The summed E-state index contributed by atoms with van der Waals surface area (Å²) in [6.07, 6.45) is 3.67. The zero-order valence-corrected chi connectivity index (χ0v) is 13.6. The number of hydrogen-bond acceptors (Lipinski definition) is 2. The van der Waals surface area contributed by atoms with Crippen LogP contribution in [0, 0.1) is 0 Å². The monoisotopic (exact) mass is 275 g/mol. The molecule has 2 unspecified atom stereocenters. The molecule has 1 aliphatic heterocycles. The fourth-order valence-electron chi connectivity index (χ4n) is 2.79. The van der Waals surface area contributed by atoms with Crippen molar-refractivity contribution in [2.75, 3.05) is 6.54 Å². The van der Waals surface area contributed by atoms with Crippen molar-refractivity contribution in [3.05, 3.63) is 29.3 Å². The van der Waals surface area contributed by atoms with E-state index in [1.165, 1.54) is 17.5 Å². The summed E-state index contributed by atoms with van der Waals surface area (Å²) in [7, 11) is 0. The Morgan fingerprint density at radius 2 is 2.05 bits per heavy atom. The van der Waals surface area contributed by atoms with Gasteiger partial charge < -0.3 is 10.1 Å². The first-order chi connectivity index (χ1) is 9.47. The van der Waals surface area contributed by atoms with Gasteiger partial charge in [0.15, 0.2) is 0 Å². The standard InChI is InChI=1S/C18H29NO/c1-6-10-19-16-11-13(3)20-17-9-8-14(12-15(16)17)18(4,5)7-2/h8-9,12-13,16,19H,6-7,10-11H2,1-5H3. The van der Waals surface area contributed by atoms with Crippen LogP contribution in [0.15, 0.2) is 18.2 Å². The van der Waals surface area contributed by atoms with E-state index in [-0.39, 0.29) is 5.41 Å². The van der Waals surface area contributed by atoms with E-state index >= 15 is 0 Å². The quantitative estimate of drug-likeness (QED) is 0.849. The number of hydrogen-bond donors (Lipinski definition) is 1. The van der Waals surface area contributed by atoms with Crippen molar-refractivity contribution in [2.45, 2.75) is 71.4 Å². The number of nitrogens with one attached hydrogen (secondary N) is 1. The minimum absolute atomic E-state index is 0.230. The summed E-state index contributed by atoms with van der Waals surface area (Å²) < 4.78 is 6.00. The molecule has 2 atom stereocenters. The normalized spacial score (nSPS) is 22.2. The third kappa shape index (κ3) is 3.17. The van der Waals surface area contributed by atoms with Gasteiger partial charge in [0.1, 0.15) is 5.75 Å². The highest BCUT2D eigenvalue weighted by Crippen LogP contribution is 2.38. The molecule has 0 aliphatic carbocycles. The third-order valence-electron chi connectivity index (χ3n) is 4.59. The highest BCUT2D eigenvalue weighted by Gasteiger charge is 2.27. The second-order valence-corrected chi connectivity index (χ2v) is 6.66. The Balaban J connectivity index is 2.33. The number of rotatable bonds is 5. The summed E-state index contributed by atoms with van der Waals surface area (Å²) in [5.74, 6) is 1.06. The molecule has 2 heteroatoms. The Morgan fingerprint density at radius 3 is 2.70 bits per heavy atom. The van der Waals surface area contributed by atoms with Crippen molar-refractivity contribution >= 4 is 0 Å². The molecule has 1 aromatic rings. The molecule has 2 rings (SSSR count). The lowest BCUT2D eigenvalue weighted by atomic mass is 9.80. The first-order valence-corrected chi connectivity index (χ1v) is 8.02. The topological polar surface area (TPSA) is 21.3 Å². The SMILES string of the molecule is CCCNC1CC(C)Oc2ccc(C(C)(C)CC)cc21. The van der Waals surface area contributed by atoms with Crippen LogP contribution in [0.1, 0.15) is 71.0 Å². The van der Waals surface area contributed by atoms with Gasteiger partial charge >= 0.3 is 0 Å². The molecular formula is C18H29NO. The van der Waals surface area contributed by atoms with Gasteiger partial charge in [-0.2, -0.15) is 0 Å². The van der Waals surface area contributed by atoms with E-state index in [1.807, 2.05) is 0 Å². The van der Waals surface area contributed by atoms with Crippen molar-refractivity contribution in [1.29, 1.82) is 0 Å². The molecule has 1 aromatic carbocycles. The fourth-order valence-corrected chi connectivity index (χ4v) is 2.79. The first kappa shape index (κ1) is 15.4. The van der Waals surface area contributed by atoms with Crippen LogP contribution in [0.2, 0.25) is 0 Å². The largest absolute Gasteiger partial charge is 0.490 e. The van der Waals surface area contributed by atoms with Crippen LogP contribution in [-0.2, 0) is 5.41 Å². The number of benzene rings is 1. The maximum atomic E-state index is 6.00. The van der Waals surface area contributed by atoms with Crippen molar-refractivity contribution in [3.8, 4) is 5.75 Å². The molecule has 1 aliphatic rings. The van der Waals surface area contributed by atoms with Gasteiger partial charge in [-0.15, -0.1) is 0 Å². The Bertz CT molecular complexity index is 453. The van der Waals surface area contributed by atoms with E-state index in [9.17, 15) is 0 Å². The molecule has 0 amide bonds. The van der Waals surface area contributed by atoms with Crippen LogP contribution in [-0.4, -0.2) is 12.6 Å². The number of fused-ring (bicyclic) bond motifs is 1. The first-order valence-electron chi connectivity index (χ1n) is 8.02. The van der Waals surface area contributed by atoms with Crippen LogP contribution < -0.4 is 10.1 Å². The minimum Gasteiger partial charge on any atom is -0.490 e. The van der Waals surface area contributed by atoms with Crippen LogP contribution in [0.3, 0.4) is 0 Å². The maximum absolute atomic E-state index is 6.00. The summed E-state index contributed by atoms with van der Waals surface area (Å²) in [5, 5.41) is 3.67. The predicted molar refractivity (Wildman–Crippen MR) is 85.5 cm³/mol. The van der Waals surface area contributed by atoms with E-state index < -0.39 is 0 Å². The molecule has 112 valence electrons. The lowest BCUT2D eigenvalue weighted by Crippen LogP contribution is -2.32. The van der Waals surface area contributed by atoms with Crippen molar-refractivity contribution in [3.63, 3.8) is 0 Å². The van der Waals surface area contributed by atoms with Gasteiger partial charge in [-0.3, -0.25) is 0 Å². The predicted octanol–water partition coefficient (Wildman–Crippen LogP) is 4.59. The van der Waals surface area contributed by atoms with Gasteiger partial charge in [-0.1, -0.05) is 33.8 Å². The minimum atomic E-state index is 0.230. The lowest BCUT2D eigenvalue weighted by molar-refractivity contribution is 0.166. The van der Waals surface area contributed by atoms with Crippen LogP contribution in [0.4, 0.5) is 0 Å². The van der Waals surface area contributed by atoms with Gasteiger partial charge in [0.2, 0.25) is 0 Å². The lowest BCUT2D eigenvalue weighted by Gasteiger charge is -2.33. The van der Waals surface area contributed by atoms with E-state index in [1.54, 1.807) is 0 Å². The molecule has 0 saturated heterocycles. The van der Waals surface area contributed by atoms with Gasteiger partial charge in [0, 0.05) is 18.0 Å². The van der Waals surface area contributed by atoms with Crippen molar-refractivity contribution in [1.82, 2.24) is 5.32 Å². The molecule has 0 fully saturated rings. The van der Waals surface area contributed by atoms with Crippen LogP contribution in [0.5, 0.6) is 5.75 Å². The molecule has 0 aromatic heterocycles. The third-order valence-corrected chi connectivity index (χ3v) is 4.59. The molecule has 2 nitrogen and oxygen atoms in total. The van der Waals surface area contributed by atoms with E-state index in [4.69, 9.17) is 4.74 Å². The van der Waals surface area contributed by atoms with E-state index in [0.29, 0.717) is 12.1 Å². The van der Waals surface area contributed by atoms with Crippen molar-refractivity contribution < 1.29 is 4.74 Å². The maximum Gasteiger partial charge on any atom is 0.124 e. The summed E-state index contributed by atoms with van der Waals surface area (Å²) >= 11 is 0. The molecule has 1 heterocycles. The van der Waals surface area contributed by atoms with Gasteiger partial charge in [-0.25, -0.2) is 0 Å². The Hall–Kier alpha value is -1.02. The van der Waals surface area contributed by atoms with E-state index in [2.05, 4.69) is 58.1 Å². The molecular weight excluding hydrogens is 246 g/mol. The molecule has 20 heavy (non-hydrogen) atoms. The van der Waals surface area contributed by atoms with Crippen LogP contribution in [0.25, 0.3) is 0 Å². The Labute approximate surface area is 123 Å².